The van der Waals surface area contributed by atoms with E-state index in [9.17, 15) is 0 Å². The summed E-state index contributed by atoms with van der Waals surface area (Å²) in [6, 6.07) is 61.0. The lowest BCUT2D eigenvalue weighted by Gasteiger charge is -2.35. The van der Waals surface area contributed by atoms with Gasteiger partial charge in [-0.3, -0.25) is 0 Å². The van der Waals surface area contributed by atoms with Crippen LogP contribution in [0.25, 0.3) is 0 Å². The molecule has 0 saturated carbocycles. The molecule has 0 unspecified atom stereocenters. The van der Waals surface area contributed by atoms with Gasteiger partial charge in [-0.1, -0.05) is 97.1 Å². The summed E-state index contributed by atoms with van der Waals surface area (Å²) in [5, 5.41) is 0. The second kappa shape index (κ2) is 11.3. The van der Waals surface area contributed by atoms with Gasteiger partial charge in [0.2, 0.25) is 0 Å². The van der Waals surface area contributed by atoms with Crippen LogP contribution in [-0.4, -0.2) is 6.71 Å². The number of hydrogen-bond acceptors (Lipinski definition) is 4. The van der Waals surface area contributed by atoms with E-state index in [1.807, 2.05) is 30.3 Å². The molecule has 4 nitrogen and oxygen atoms in total. The monoisotopic (exact) mass is 604 g/mol. The number of hydrogen-bond donors (Lipinski definition) is 0. The molecule has 0 N–H and O–H groups in total. The Morgan fingerprint density at radius 3 is 1.26 bits per heavy atom. The Morgan fingerprint density at radius 1 is 0.319 bits per heavy atom. The van der Waals surface area contributed by atoms with Gasteiger partial charge in [-0.25, -0.2) is 0 Å². The van der Waals surface area contributed by atoms with E-state index in [4.69, 9.17) is 9.47 Å². The van der Waals surface area contributed by atoms with Crippen LogP contribution >= 0.6 is 0 Å². The van der Waals surface area contributed by atoms with Crippen LogP contribution in [0.3, 0.4) is 0 Å². The highest BCUT2D eigenvalue weighted by molar-refractivity contribution is 6.98. The van der Waals surface area contributed by atoms with Crippen molar-refractivity contribution in [2.45, 2.75) is 0 Å². The SMILES string of the molecule is c1ccc(N(c2ccccc2)c2ccc3c(c2)Oc2cc(N(c4ccccc4)c4ccccc4)cc4c2B3c2ccccc2O4)cc1. The largest absolute Gasteiger partial charge is 0.458 e. The van der Waals surface area contributed by atoms with Gasteiger partial charge in [0, 0.05) is 52.1 Å². The summed E-state index contributed by atoms with van der Waals surface area (Å²) in [5.41, 5.74) is 9.57. The molecular weight excluding hydrogens is 575 g/mol. The van der Waals surface area contributed by atoms with Crippen molar-refractivity contribution in [1.29, 1.82) is 0 Å². The number of benzene rings is 7. The Labute approximate surface area is 274 Å². The molecule has 0 aliphatic carbocycles. The van der Waals surface area contributed by atoms with Crippen molar-refractivity contribution in [2.75, 3.05) is 9.80 Å². The van der Waals surface area contributed by atoms with E-state index in [-0.39, 0.29) is 6.71 Å². The highest BCUT2D eigenvalue weighted by atomic mass is 16.5. The van der Waals surface area contributed by atoms with Crippen molar-refractivity contribution >= 4 is 57.2 Å². The number of nitrogens with zero attached hydrogens (tertiary/aromatic N) is 2. The minimum Gasteiger partial charge on any atom is -0.458 e. The highest BCUT2D eigenvalue weighted by Gasteiger charge is 2.41. The number of fused-ring (bicyclic) bond motifs is 4. The summed E-state index contributed by atoms with van der Waals surface area (Å²) in [4.78, 5) is 4.52. The molecule has 0 aromatic heterocycles. The van der Waals surface area contributed by atoms with Gasteiger partial charge in [0.15, 0.2) is 0 Å². The summed E-state index contributed by atoms with van der Waals surface area (Å²) < 4.78 is 13.6. The normalized spacial score (nSPS) is 12.1. The highest BCUT2D eigenvalue weighted by Crippen LogP contribution is 2.43. The van der Waals surface area contributed by atoms with Crippen LogP contribution in [0.1, 0.15) is 0 Å². The lowest BCUT2D eigenvalue weighted by atomic mass is 9.35. The van der Waals surface area contributed by atoms with Crippen LogP contribution in [0, 0.1) is 0 Å². The zero-order chi connectivity index (χ0) is 31.2. The van der Waals surface area contributed by atoms with E-state index in [0.717, 1.165) is 73.5 Å². The number of anilines is 6. The average Bonchev–Trinajstić information content (AvgIpc) is 3.13. The fraction of sp³-hybridized carbons (Fsp3) is 0. The Morgan fingerprint density at radius 2 is 0.723 bits per heavy atom. The molecule has 2 aliphatic heterocycles. The molecule has 7 aromatic carbocycles. The first kappa shape index (κ1) is 27.1. The quantitative estimate of drug-likeness (QED) is 0.177. The van der Waals surface area contributed by atoms with Gasteiger partial charge < -0.3 is 19.3 Å². The minimum atomic E-state index is -0.0272. The molecule has 0 spiro atoms. The molecule has 0 saturated heterocycles. The predicted molar refractivity (Wildman–Crippen MR) is 193 cm³/mol. The number of ether oxygens (including phenoxy) is 2. The predicted octanol–water partition coefficient (Wildman–Crippen LogP) is 9.35. The van der Waals surface area contributed by atoms with Crippen LogP contribution in [0.5, 0.6) is 23.0 Å². The molecule has 0 radical (unpaired) electrons. The Balaban J connectivity index is 1.23. The van der Waals surface area contributed by atoms with E-state index in [1.54, 1.807) is 0 Å². The van der Waals surface area contributed by atoms with Gasteiger partial charge in [0.05, 0.1) is 5.69 Å². The van der Waals surface area contributed by atoms with Crippen LogP contribution in [0.15, 0.2) is 176 Å². The standard InChI is InChI=1S/C42H29BN2O2/c1-5-15-30(16-6-1)44(31-17-7-2-8-18-31)34-25-26-37-39(27-34)47-41-29-35(28-40-42(41)43(37)36-23-13-14-24-38(36)46-40)45(32-19-9-3-10-20-32)33-21-11-4-12-22-33/h1-29H. The Hall–Kier alpha value is -6.20. The smallest absolute Gasteiger partial charge is 0.260 e. The molecule has 2 heterocycles. The third-order valence-electron chi connectivity index (χ3n) is 8.93. The zero-order valence-electron chi connectivity index (χ0n) is 25.5. The number of rotatable bonds is 6. The van der Waals surface area contributed by atoms with Crippen LogP contribution in [-0.2, 0) is 0 Å². The molecule has 0 fully saturated rings. The van der Waals surface area contributed by atoms with Gasteiger partial charge in [0.25, 0.3) is 6.71 Å². The summed E-state index contributed by atoms with van der Waals surface area (Å²) >= 11 is 0. The zero-order valence-corrected chi connectivity index (χ0v) is 25.5. The van der Waals surface area contributed by atoms with Crippen molar-refractivity contribution in [3.63, 3.8) is 0 Å². The third-order valence-corrected chi connectivity index (χ3v) is 8.93. The average molecular weight is 605 g/mol. The van der Waals surface area contributed by atoms with E-state index >= 15 is 0 Å². The van der Waals surface area contributed by atoms with E-state index in [2.05, 4.69) is 155 Å². The fourth-order valence-electron chi connectivity index (χ4n) is 6.89. The molecule has 2 aliphatic rings. The lowest BCUT2D eigenvalue weighted by Crippen LogP contribution is -2.57. The van der Waals surface area contributed by atoms with Crippen LogP contribution in [0.2, 0.25) is 0 Å². The molecule has 9 rings (SSSR count). The van der Waals surface area contributed by atoms with Crippen molar-refractivity contribution in [3.05, 3.63) is 176 Å². The maximum Gasteiger partial charge on any atom is 0.260 e. The molecule has 47 heavy (non-hydrogen) atoms. The number of para-hydroxylation sites is 5. The van der Waals surface area contributed by atoms with Gasteiger partial charge in [-0.2, -0.15) is 0 Å². The molecule has 0 atom stereocenters. The van der Waals surface area contributed by atoms with Crippen molar-refractivity contribution in [1.82, 2.24) is 0 Å². The summed E-state index contributed by atoms with van der Waals surface area (Å²) in [6.07, 6.45) is 0. The van der Waals surface area contributed by atoms with E-state index in [0.29, 0.717) is 0 Å². The topological polar surface area (TPSA) is 24.9 Å². The summed E-state index contributed by atoms with van der Waals surface area (Å²) in [6.45, 7) is -0.0272. The first-order valence-electron chi connectivity index (χ1n) is 15.9. The molecule has 0 bridgehead atoms. The van der Waals surface area contributed by atoms with Crippen LogP contribution < -0.4 is 35.7 Å². The maximum absolute atomic E-state index is 6.93. The van der Waals surface area contributed by atoms with Gasteiger partial charge in [-0.15, -0.1) is 0 Å². The second-order valence-electron chi connectivity index (χ2n) is 11.8. The van der Waals surface area contributed by atoms with E-state index < -0.39 is 0 Å². The van der Waals surface area contributed by atoms with Gasteiger partial charge >= 0.3 is 0 Å². The lowest BCUT2D eigenvalue weighted by molar-refractivity contribution is 0.465. The Bertz CT molecular complexity index is 2130. The molecule has 5 heteroatoms. The first-order valence-corrected chi connectivity index (χ1v) is 15.9. The maximum atomic E-state index is 6.93. The summed E-state index contributed by atoms with van der Waals surface area (Å²) in [7, 11) is 0. The molecule has 222 valence electrons. The molecular formula is C42H29BN2O2. The van der Waals surface area contributed by atoms with Crippen molar-refractivity contribution in [3.8, 4) is 23.0 Å². The fourth-order valence-corrected chi connectivity index (χ4v) is 6.89. The van der Waals surface area contributed by atoms with Crippen LogP contribution in [0.4, 0.5) is 34.1 Å². The molecule has 0 amide bonds. The molecule has 7 aromatic rings. The summed E-state index contributed by atoms with van der Waals surface area (Å²) in [5.74, 6) is 3.31. The second-order valence-corrected chi connectivity index (χ2v) is 11.8. The van der Waals surface area contributed by atoms with Crippen molar-refractivity contribution < 1.29 is 9.47 Å². The third kappa shape index (κ3) is 4.72. The minimum absolute atomic E-state index is 0.0272. The van der Waals surface area contributed by atoms with Gasteiger partial charge in [0.1, 0.15) is 23.0 Å². The van der Waals surface area contributed by atoms with E-state index in [1.165, 1.54) is 0 Å². The Kier molecular flexibility index (Phi) is 6.53. The van der Waals surface area contributed by atoms with Gasteiger partial charge in [-0.05, 0) is 71.6 Å². The first-order chi connectivity index (χ1) is 23.3. The van der Waals surface area contributed by atoms with Crippen molar-refractivity contribution in [2.24, 2.45) is 0 Å².